The van der Waals surface area contributed by atoms with Crippen molar-refractivity contribution in [2.24, 2.45) is 0 Å². The lowest BCUT2D eigenvalue weighted by molar-refractivity contribution is 0.0728. The van der Waals surface area contributed by atoms with Crippen molar-refractivity contribution in [1.82, 2.24) is 0 Å². The van der Waals surface area contributed by atoms with E-state index in [1.54, 1.807) is 13.2 Å². The third kappa shape index (κ3) is 3.24. The Morgan fingerprint density at radius 3 is 2.05 bits per heavy atom. The third-order valence-corrected chi connectivity index (χ3v) is 3.40. The Bertz CT molecular complexity index is 664. The molecule has 0 atom stereocenters. The van der Waals surface area contributed by atoms with Crippen LogP contribution in [-0.4, -0.2) is 13.1 Å². The Morgan fingerprint density at radius 1 is 0.857 bits per heavy atom. The summed E-state index contributed by atoms with van der Waals surface area (Å²) in [5.74, 6) is 0.644. The number of rotatable bonds is 3. The molecule has 0 bridgehead atoms. The third-order valence-electron chi connectivity index (χ3n) is 3.40. The van der Waals surface area contributed by atoms with Gasteiger partial charge in [-0.2, -0.15) is 0 Å². The lowest BCUT2D eigenvalue weighted by atomic mass is 10.00. The smallest absolute Gasteiger partial charge is 0.344 e. The summed E-state index contributed by atoms with van der Waals surface area (Å²) in [5, 5.41) is 0. The first kappa shape index (κ1) is 15.1. The van der Waals surface area contributed by atoms with Crippen LogP contribution in [0.4, 0.5) is 0 Å². The van der Waals surface area contributed by atoms with Gasteiger partial charge in [0, 0.05) is 0 Å². The molecule has 110 valence electrons. The molecule has 0 saturated heterocycles. The molecule has 0 amide bonds. The van der Waals surface area contributed by atoms with E-state index in [4.69, 9.17) is 9.47 Å². The Labute approximate surface area is 125 Å². The van der Waals surface area contributed by atoms with Gasteiger partial charge in [-0.25, -0.2) is 4.79 Å². The maximum absolute atomic E-state index is 12.4. The minimum atomic E-state index is -0.354. The fourth-order valence-corrected chi connectivity index (χ4v) is 2.51. The van der Waals surface area contributed by atoms with Crippen molar-refractivity contribution in [3.05, 3.63) is 58.1 Å². The van der Waals surface area contributed by atoms with Gasteiger partial charge in [0.25, 0.3) is 0 Å². The Balaban J connectivity index is 2.35. The van der Waals surface area contributed by atoms with E-state index in [1.165, 1.54) is 0 Å². The second-order valence-corrected chi connectivity index (χ2v) is 5.32. The Kier molecular flexibility index (Phi) is 4.32. The summed E-state index contributed by atoms with van der Waals surface area (Å²) in [4.78, 5) is 12.4. The summed E-state index contributed by atoms with van der Waals surface area (Å²) in [6.07, 6.45) is 0. The summed E-state index contributed by atoms with van der Waals surface area (Å²) in [7, 11) is 1.56. The fraction of sp³-hybridized carbons (Fsp3) is 0.278. The van der Waals surface area contributed by atoms with Gasteiger partial charge in [-0.3, -0.25) is 0 Å². The quantitative estimate of drug-likeness (QED) is 0.627. The predicted molar refractivity (Wildman–Crippen MR) is 83.3 cm³/mol. The summed E-state index contributed by atoms with van der Waals surface area (Å²) in [6, 6.07) is 9.45. The van der Waals surface area contributed by atoms with E-state index in [0.29, 0.717) is 17.1 Å². The highest BCUT2D eigenvalue weighted by atomic mass is 16.6. The van der Waals surface area contributed by atoms with Crippen LogP contribution in [0.3, 0.4) is 0 Å². The lowest BCUT2D eigenvalue weighted by Crippen LogP contribution is -2.13. The zero-order valence-corrected chi connectivity index (χ0v) is 13.1. The minimum Gasteiger partial charge on any atom is -0.493 e. The molecule has 2 aromatic carbocycles. The molecule has 3 heteroatoms. The molecule has 0 aromatic heterocycles. The Hall–Kier alpha value is -2.29. The molecule has 0 N–H and O–H groups in total. The van der Waals surface area contributed by atoms with Crippen LogP contribution in [0, 0.1) is 27.7 Å². The van der Waals surface area contributed by atoms with Crippen molar-refractivity contribution in [3.8, 4) is 11.5 Å². The van der Waals surface area contributed by atoms with E-state index >= 15 is 0 Å². The van der Waals surface area contributed by atoms with Crippen LogP contribution in [0.2, 0.25) is 0 Å². The van der Waals surface area contributed by atoms with Crippen LogP contribution in [0.25, 0.3) is 0 Å². The van der Waals surface area contributed by atoms with E-state index in [0.717, 1.165) is 22.3 Å². The average molecular weight is 284 g/mol. The number of hydrogen-bond donors (Lipinski definition) is 0. The van der Waals surface area contributed by atoms with Crippen LogP contribution in [0.15, 0.2) is 30.3 Å². The Morgan fingerprint density at radius 2 is 1.48 bits per heavy atom. The monoisotopic (exact) mass is 284 g/mol. The van der Waals surface area contributed by atoms with Crippen molar-refractivity contribution in [2.75, 3.05) is 7.11 Å². The highest BCUT2D eigenvalue weighted by Crippen LogP contribution is 2.29. The number of hydrogen-bond acceptors (Lipinski definition) is 3. The average Bonchev–Trinajstić information content (AvgIpc) is 2.39. The van der Waals surface area contributed by atoms with Gasteiger partial charge in [-0.05, 0) is 56.5 Å². The fourth-order valence-electron chi connectivity index (χ4n) is 2.51. The minimum absolute atomic E-state index is 0.354. The van der Waals surface area contributed by atoms with E-state index in [2.05, 4.69) is 0 Å². The van der Waals surface area contributed by atoms with Crippen LogP contribution in [0.5, 0.6) is 11.5 Å². The van der Waals surface area contributed by atoms with E-state index in [-0.39, 0.29) is 5.97 Å². The van der Waals surface area contributed by atoms with Crippen molar-refractivity contribution < 1.29 is 14.3 Å². The van der Waals surface area contributed by atoms with Crippen LogP contribution >= 0.6 is 0 Å². The van der Waals surface area contributed by atoms with Gasteiger partial charge in [0.15, 0.2) is 11.5 Å². The molecular weight excluding hydrogens is 264 g/mol. The molecule has 0 spiro atoms. The van der Waals surface area contributed by atoms with Crippen molar-refractivity contribution in [3.63, 3.8) is 0 Å². The second kappa shape index (κ2) is 6.00. The van der Waals surface area contributed by atoms with Crippen molar-refractivity contribution in [2.45, 2.75) is 27.7 Å². The van der Waals surface area contributed by atoms with Gasteiger partial charge in [-0.1, -0.05) is 23.8 Å². The standard InChI is InChI=1S/C18H20O3/c1-11-6-7-15(16(10-11)20-5)21-18(19)17-13(3)8-12(2)9-14(17)4/h6-10H,1-5H3. The van der Waals surface area contributed by atoms with Gasteiger partial charge < -0.3 is 9.47 Å². The number of aryl methyl sites for hydroxylation is 4. The van der Waals surface area contributed by atoms with Crippen molar-refractivity contribution in [1.29, 1.82) is 0 Å². The van der Waals surface area contributed by atoms with Crippen LogP contribution in [-0.2, 0) is 0 Å². The summed E-state index contributed by atoms with van der Waals surface area (Å²) in [5.41, 5.74) is 4.64. The SMILES string of the molecule is COc1cc(C)ccc1OC(=O)c1c(C)cc(C)cc1C. The summed E-state index contributed by atoms with van der Waals surface area (Å²) in [6.45, 7) is 7.81. The van der Waals surface area contributed by atoms with Gasteiger partial charge >= 0.3 is 5.97 Å². The zero-order chi connectivity index (χ0) is 15.6. The topological polar surface area (TPSA) is 35.5 Å². The van der Waals surface area contributed by atoms with Crippen LogP contribution < -0.4 is 9.47 Å². The number of carbonyl (C=O) groups excluding carboxylic acids is 1. The normalized spacial score (nSPS) is 10.3. The van der Waals surface area contributed by atoms with Gasteiger partial charge in [-0.15, -0.1) is 0 Å². The maximum atomic E-state index is 12.4. The predicted octanol–water partition coefficient (Wildman–Crippen LogP) is 4.15. The largest absolute Gasteiger partial charge is 0.493 e. The van der Waals surface area contributed by atoms with E-state index in [1.807, 2.05) is 52.0 Å². The number of carbonyl (C=O) groups is 1. The molecule has 2 rings (SSSR count). The number of ether oxygens (including phenoxy) is 2. The number of esters is 1. The first-order chi connectivity index (χ1) is 9.92. The van der Waals surface area contributed by atoms with E-state index in [9.17, 15) is 4.79 Å². The maximum Gasteiger partial charge on any atom is 0.344 e. The molecule has 0 radical (unpaired) electrons. The van der Waals surface area contributed by atoms with Gasteiger partial charge in [0.05, 0.1) is 12.7 Å². The number of benzene rings is 2. The lowest BCUT2D eigenvalue weighted by Gasteiger charge is -2.13. The molecular formula is C18H20O3. The molecule has 2 aromatic rings. The highest BCUT2D eigenvalue weighted by molar-refractivity contribution is 5.94. The van der Waals surface area contributed by atoms with E-state index < -0.39 is 0 Å². The van der Waals surface area contributed by atoms with Crippen LogP contribution in [0.1, 0.15) is 32.6 Å². The zero-order valence-electron chi connectivity index (χ0n) is 13.1. The first-order valence-electron chi connectivity index (χ1n) is 6.87. The molecule has 0 heterocycles. The number of methoxy groups -OCH3 is 1. The summed E-state index contributed by atoms with van der Waals surface area (Å²) < 4.78 is 10.8. The van der Waals surface area contributed by atoms with Crippen molar-refractivity contribution >= 4 is 5.97 Å². The summed E-state index contributed by atoms with van der Waals surface area (Å²) >= 11 is 0. The highest BCUT2D eigenvalue weighted by Gasteiger charge is 2.17. The molecule has 0 aliphatic rings. The molecule has 0 saturated carbocycles. The first-order valence-corrected chi connectivity index (χ1v) is 6.87. The molecule has 0 aliphatic heterocycles. The molecule has 3 nitrogen and oxygen atoms in total. The molecule has 21 heavy (non-hydrogen) atoms. The molecule has 0 fully saturated rings. The second-order valence-electron chi connectivity index (χ2n) is 5.32. The molecule has 0 aliphatic carbocycles. The van der Waals surface area contributed by atoms with Gasteiger partial charge in [0.2, 0.25) is 0 Å². The van der Waals surface area contributed by atoms with Gasteiger partial charge in [0.1, 0.15) is 0 Å². The molecule has 0 unspecified atom stereocenters.